The molecule has 0 aliphatic rings. The predicted molar refractivity (Wildman–Crippen MR) is 128 cm³/mol. The summed E-state index contributed by atoms with van der Waals surface area (Å²) >= 11 is 0. The van der Waals surface area contributed by atoms with E-state index in [1.165, 1.54) is 24.5 Å². The standard InChI is InChI=1S/C25H27N3O4S/c29-24(28-22-11-7-10-21(18-22)20-8-3-1-4-9-20)12-5-2-6-15-27-25(30)19-33(31,32)23-13-16-26-17-14-23/h1,3-4,7-11,13-14,16-18H,2,5-6,12,15,19H2,(H,27,30)(H,28,29). The van der Waals surface area contributed by atoms with Gasteiger partial charge >= 0.3 is 0 Å². The van der Waals surface area contributed by atoms with Gasteiger partial charge in [0.2, 0.25) is 11.8 Å². The van der Waals surface area contributed by atoms with E-state index in [2.05, 4.69) is 15.6 Å². The second-order valence-corrected chi connectivity index (χ2v) is 9.59. The first-order chi connectivity index (χ1) is 15.9. The van der Waals surface area contributed by atoms with E-state index in [0.717, 1.165) is 23.2 Å². The molecule has 33 heavy (non-hydrogen) atoms. The molecule has 0 spiro atoms. The van der Waals surface area contributed by atoms with Gasteiger partial charge in [-0.05, 0) is 48.2 Å². The van der Waals surface area contributed by atoms with Crippen molar-refractivity contribution in [3.8, 4) is 11.1 Å². The minimum atomic E-state index is -3.67. The van der Waals surface area contributed by atoms with Crippen LogP contribution in [0.2, 0.25) is 0 Å². The highest BCUT2D eigenvalue weighted by molar-refractivity contribution is 7.92. The van der Waals surface area contributed by atoms with Crippen LogP contribution in [-0.2, 0) is 19.4 Å². The van der Waals surface area contributed by atoms with Crippen molar-refractivity contribution in [3.63, 3.8) is 0 Å². The molecule has 0 unspecified atom stereocenters. The monoisotopic (exact) mass is 465 g/mol. The van der Waals surface area contributed by atoms with Gasteiger partial charge in [-0.1, -0.05) is 48.9 Å². The number of hydrogen-bond donors (Lipinski definition) is 2. The molecule has 0 radical (unpaired) electrons. The number of aromatic nitrogens is 1. The number of carbonyl (C=O) groups is 2. The zero-order chi connectivity index (χ0) is 23.5. The highest BCUT2D eigenvalue weighted by Crippen LogP contribution is 2.22. The molecule has 8 heteroatoms. The smallest absolute Gasteiger partial charge is 0.235 e. The quantitative estimate of drug-likeness (QED) is 0.419. The van der Waals surface area contributed by atoms with Crippen molar-refractivity contribution in [2.24, 2.45) is 0 Å². The molecule has 0 aliphatic heterocycles. The maximum Gasteiger partial charge on any atom is 0.235 e. The Bertz CT molecular complexity index is 1170. The van der Waals surface area contributed by atoms with E-state index in [4.69, 9.17) is 0 Å². The summed E-state index contributed by atoms with van der Waals surface area (Å²) in [5, 5.41) is 5.55. The van der Waals surface area contributed by atoms with Crippen LogP contribution in [-0.4, -0.2) is 37.5 Å². The molecule has 0 atom stereocenters. The summed E-state index contributed by atoms with van der Waals surface area (Å²) in [5.41, 5.74) is 2.88. The average molecular weight is 466 g/mol. The summed E-state index contributed by atoms with van der Waals surface area (Å²) in [6.07, 6.45) is 5.21. The largest absolute Gasteiger partial charge is 0.355 e. The molecule has 0 aliphatic carbocycles. The van der Waals surface area contributed by atoms with Gasteiger partial charge in [0.25, 0.3) is 0 Å². The van der Waals surface area contributed by atoms with E-state index in [-0.39, 0.29) is 10.8 Å². The molecule has 0 fully saturated rings. The molecule has 0 saturated carbocycles. The first kappa shape index (κ1) is 24.1. The van der Waals surface area contributed by atoms with Crippen molar-refractivity contribution in [1.29, 1.82) is 0 Å². The maximum absolute atomic E-state index is 12.2. The topological polar surface area (TPSA) is 105 Å². The molecular weight excluding hydrogens is 438 g/mol. The van der Waals surface area contributed by atoms with Gasteiger partial charge in [0.15, 0.2) is 9.84 Å². The van der Waals surface area contributed by atoms with E-state index in [9.17, 15) is 18.0 Å². The molecular formula is C25H27N3O4S. The molecule has 3 aromatic rings. The molecule has 3 rings (SSSR count). The van der Waals surface area contributed by atoms with Crippen molar-refractivity contribution in [1.82, 2.24) is 10.3 Å². The van der Waals surface area contributed by atoms with E-state index in [0.29, 0.717) is 25.8 Å². The number of pyridine rings is 1. The lowest BCUT2D eigenvalue weighted by Gasteiger charge is -2.08. The summed E-state index contributed by atoms with van der Waals surface area (Å²) in [4.78, 5) is 28.0. The summed E-state index contributed by atoms with van der Waals surface area (Å²) in [6.45, 7) is 0.367. The SMILES string of the molecule is O=C(CS(=O)(=O)c1ccncc1)NCCCCCC(=O)Nc1cccc(-c2ccccc2)c1. The van der Waals surface area contributed by atoms with Crippen LogP contribution in [0.1, 0.15) is 25.7 Å². The lowest BCUT2D eigenvalue weighted by atomic mass is 10.1. The number of sulfone groups is 1. The lowest BCUT2D eigenvalue weighted by Crippen LogP contribution is -2.31. The Hall–Kier alpha value is -3.52. The number of unbranched alkanes of at least 4 members (excludes halogenated alkanes) is 2. The zero-order valence-corrected chi connectivity index (χ0v) is 19.1. The molecule has 172 valence electrons. The minimum absolute atomic E-state index is 0.0623. The normalized spacial score (nSPS) is 11.0. The number of nitrogens with one attached hydrogen (secondary N) is 2. The van der Waals surface area contributed by atoms with E-state index >= 15 is 0 Å². The number of benzene rings is 2. The Morgan fingerprint density at radius 2 is 1.52 bits per heavy atom. The number of rotatable bonds is 11. The predicted octanol–water partition coefficient (Wildman–Crippen LogP) is 3.84. The third-order valence-corrected chi connectivity index (χ3v) is 6.62. The van der Waals surface area contributed by atoms with Gasteiger partial charge in [-0.25, -0.2) is 8.42 Å². The fraction of sp³-hybridized carbons (Fsp3) is 0.240. The fourth-order valence-electron chi connectivity index (χ4n) is 3.30. The van der Waals surface area contributed by atoms with Crippen LogP contribution in [0.4, 0.5) is 5.69 Å². The van der Waals surface area contributed by atoms with Crippen molar-refractivity contribution in [2.75, 3.05) is 17.6 Å². The second kappa shape index (κ2) is 11.9. The molecule has 0 saturated heterocycles. The van der Waals surface area contributed by atoms with Crippen molar-refractivity contribution in [2.45, 2.75) is 30.6 Å². The van der Waals surface area contributed by atoms with Gasteiger partial charge in [-0.2, -0.15) is 0 Å². The average Bonchev–Trinajstić information content (AvgIpc) is 2.82. The Kier molecular flexibility index (Phi) is 8.71. The second-order valence-electron chi connectivity index (χ2n) is 7.60. The van der Waals surface area contributed by atoms with Gasteiger partial charge in [0.05, 0.1) is 4.90 Å². The first-order valence-corrected chi connectivity index (χ1v) is 12.4. The summed E-state index contributed by atoms with van der Waals surface area (Å²) in [6, 6.07) is 20.4. The fourth-order valence-corrected chi connectivity index (χ4v) is 4.45. The maximum atomic E-state index is 12.2. The summed E-state index contributed by atoms with van der Waals surface area (Å²) in [7, 11) is -3.67. The molecule has 1 heterocycles. The van der Waals surface area contributed by atoms with Crippen molar-refractivity contribution >= 4 is 27.3 Å². The molecule has 2 aromatic carbocycles. The molecule has 1 aromatic heterocycles. The number of anilines is 1. The lowest BCUT2D eigenvalue weighted by molar-refractivity contribution is -0.119. The molecule has 7 nitrogen and oxygen atoms in total. The molecule has 0 bridgehead atoms. The van der Waals surface area contributed by atoms with Gasteiger partial charge in [-0.15, -0.1) is 0 Å². The van der Waals surface area contributed by atoms with Crippen LogP contribution in [0.25, 0.3) is 11.1 Å². The van der Waals surface area contributed by atoms with Crippen molar-refractivity contribution in [3.05, 3.63) is 79.1 Å². The van der Waals surface area contributed by atoms with Crippen LogP contribution < -0.4 is 10.6 Å². The number of carbonyl (C=O) groups excluding carboxylic acids is 2. The molecule has 2 amide bonds. The van der Waals surface area contributed by atoms with Crippen LogP contribution in [0, 0.1) is 0 Å². The Balaban J connectivity index is 1.33. The summed E-state index contributed by atoms with van der Waals surface area (Å²) < 4.78 is 24.3. The van der Waals surface area contributed by atoms with Crippen LogP contribution >= 0.6 is 0 Å². The van der Waals surface area contributed by atoms with E-state index in [1.807, 2.05) is 54.6 Å². The number of nitrogens with zero attached hydrogens (tertiary/aromatic N) is 1. The third-order valence-electron chi connectivity index (χ3n) is 4.99. The Labute approximate surface area is 194 Å². The van der Waals surface area contributed by atoms with Crippen molar-refractivity contribution < 1.29 is 18.0 Å². The molecule has 2 N–H and O–H groups in total. The number of amides is 2. The van der Waals surface area contributed by atoms with Crippen LogP contribution in [0.3, 0.4) is 0 Å². The van der Waals surface area contributed by atoms with Gasteiger partial charge in [0.1, 0.15) is 5.75 Å². The van der Waals surface area contributed by atoms with E-state index in [1.54, 1.807) is 0 Å². The Morgan fingerprint density at radius 3 is 2.27 bits per heavy atom. The first-order valence-electron chi connectivity index (χ1n) is 10.8. The van der Waals surface area contributed by atoms with Gasteiger partial charge < -0.3 is 10.6 Å². The highest BCUT2D eigenvalue weighted by Gasteiger charge is 2.18. The van der Waals surface area contributed by atoms with Gasteiger partial charge in [-0.3, -0.25) is 14.6 Å². The van der Waals surface area contributed by atoms with Crippen LogP contribution in [0.15, 0.2) is 84.0 Å². The van der Waals surface area contributed by atoms with Crippen LogP contribution in [0.5, 0.6) is 0 Å². The zero-order valence-electron chi connectivity index (χ0n) is 18.2. The summed E-state index contributed by atoms with van der Waals surface area (Å²) in [5.74, 6) is -1.20. The highest BCUT2D eigenvalue weighted by atomic mass is 32.2. The van der Waals surface area contributed by atoms with E-state index < -0.39 is 21.5 Å². The number of hydrogen-bond acceptors (Lipinski definition) is 5. The third kappa shape index (κ3) is 7.84. The van der Waals surface area contributed by atoms with Gasteiger partial charge in [0, 0.05) is 31.0 Å². The minimum Gasteiger partial charge on any atom is -0.355 e. The Morgan fingerprint density at radius 1 is 0.788 bits per heavy atom.